The van der Waals surface area contributed by atoms with Crippen molar-refractivity contribution in [1.29, 1.82) is 0 Å². The number of nitrogens with one attached hydrogen (secondary N) is 1. The zero-order chi connectivity index (χ0) is 12.3. The minimum Gasteiger partial charge on any atom is -0.321 e. The van der Waals surface area contributed by atoms with Gasteiger partial charge in [-0.2, -0.15) is 0 Å². The fraction of sp³-hybridized carbons (Fsp3) is 0. The molecule has 86 valence electrons. The lowest BCUT2D eigenvalue weighted by Gasteiger charge is -2.05. The van der Waals surface area contributed by atoms with E-state index in [2.05, 4.69) is 22.9 Å². The maximum atomic E-state index is 13.0. The number of pyridine rings is 1. The van der Waals surface area contributed by atoms with Gasteiger partial charge in [-0.15, -0.1) is 12.6 Å². The van der Waals surface area contributed by atoms with Gasteiger partial charge in [-0.25, -0.2) is 4.39 Å². The largest absolute Gasteiger partial charge is 0.321 e. The van der Waals surface area contributed by atoms with Crippen LogP contribution in [0.2, 0.25) is 0 Å². The van der Waals surface area contributed by atoms with Crippen molar-refractivity contribution in [1.82, 2.24) is 4.98 Å². The summed E-state index contributed by atoms with van der Waals surface area (Å²) in [7, 11) is 0. The molecule has 0 aliphatic carbocycles. The number of nitrogens with zero attached hydrogens (tertiary/aromatic N) is 1. The summed E-state index contributed by atoms with van der Waals surface area (Å²) in [5, 5.41) is 2.65. The molecule has 2 aromatic rings. The minimum atomic E-state index is -0.453. The van der Waals surface area contributed by atoms with Gasteiger partial charge in [0.1, 0.15) is 5.82 Å². The lowest BCUT2D eigenvalue weighted by atomic mass is 10.2. The highest BCUT2D eigenvalue weighted by atomic mass is 32.1. The number of amides is 1. The molecule has 0 saturated heterocycles. The number of rotatable bonds is 2. The van der Waals surface area contributed by atoms with E-state index in [1.54, 1.807) is 18.3 Å². The molecule has 5 heteroatoms. The summed E-state index contributed by atoms with van der Waals surface area (Å²) < 4.78 is 13.0. The molecule has 0 bridgehead atoms. The van der Waals surface area contributed by atoms with Crippen molar-refractivity contribution < 1.29 is 9.18 Å². The number of anilines is 1. The van der Waals surface area contributed by atoms with Gasteiger partial charge in [0.25, 0.3) is 5.91 Å². The van der Waals surface area contributed by atoms with Gasteiger partial charge in [-0.1, -0.05) is 0 Å². The lowest BCUT2D eigenvalue weighted by molar-refractivity contribution is 0.102. The molecule has 3 nitrogen and oxygen atoms in total. The van der Waals surface area contributed by atoms with E-state index in [0.29, 0.717) is 11.3 Å². The van der Waals surface area contributed by atoms with Crippen molar-refractivity contribution in [2.24, 2.45) is 0 Å². The number of aromatic nitrogens is 1. The molecule has 0 aliphatic rings. The average molecular weight is 248 g/mol. The number of hydrogen-bond donors (Lipinski definition) is 2. The van der Waals surface area contributed by atoms with Crippen LogP contribution in [0.1, 0.15) is 10.4 Å². The van der Waals surface area contributed by atoms with E-state index < -0.39 is 5.82 Å². The molecule has 0 aliphatic heterocycles. The van der Waals surface area contributed by atoms with E-state index in [0.717, 1.165) is 0 Å². The van der Waals surface area contributed by atoms with Crippen LogP contribution in [-0.4, -0.2) is 10.9 Å². The molecular weight excluding hydrogens is 239 g/mol. The third kappa shape index (κ3) is 2.82. The van der Waals surface area contributed by atoms with E-state index in [-0.39, 0.29) is 10.8 Å². The fourth-order valence-electron chi connectivity index (χ4n) is 1.29. The van der Waals surface area contributed by atoms with E-state index in [1.165, 1.54) is 24.4 Å². The topological polar surface area (TPSA) is 42.0 Å². The van der Waals surface area contributed by atoms with Gasteiger partial charge in [0.15, 0.2) is 0 Å². The van der Waals surface area contributed by atoms with E-state index in [1.807, 2.05) is 0 Å². The Balaban J connectivity index is 2.18. The van der Waals surface area contributed by atoms with Crippen molar-refractivity contribution in [3.8, 4) is 0 Å². The van der Waals surface area contributed by atoms with Gasteiger partial charge in [0.2, 0.25) is 0 Å². The number of carbonyl (C=O) groups excluding carboxylic acids is 1. The number of thiol groups is 1. The second-order valence-electron chi connectivity index (χ2n) is 3.36. The zero-order valence-corrected chi connectivity index (χ0v) is 9.62. The van der Waals surface area contributed by atoms with Crippen LogP contribution in [0.25, 0.3) is 0 Å². The first-order valence-corrected chi connectivity index (χ1v) is 5.31. The monoisotopic (exact) mass is 248 g/mol. The number of hydrogen-bond acceptors (Lipinski definition) is 3. The third-order valence-electron chi connectivity index (χ3n) is 2.13. The zero-order valence-electron chi connectivity index (χ0n) is 8.72. The van der Waals surface area contributed by atoms with Crippen LogP contribution in [-0.2, 0) is 0 Å². The highest BCUT2D eigenvalue weighted by molar-refractivity contribution is 7.80. The van der Waals surface area contributed by atoms with Crippen molar-refractivity contribution in [2.75, 3.05) is 5.32 Å². The molecule has 2 rings (SSSR count). The highest BCUT2D eigenvalue weighted by Gasteiger charge is 2.08. The SMILES string of the molecule is O=C(Nc1cccnc1)c1ccc(F)c(S)c1. The van der Waals surface area contributed by atoms with Crippen molar-refractivity contribution >= 4 is 24.2 Å². The summed E-state index contributed by atoms with van der Waals surface area (Å²) in [5.74, 6) is -0.778. The predicted molar refractivity (Wildman–Crippen MR) is 65.8 cm³/mol. The minimum absolute atomic E-state index is 0.142. The molecule has 1 N–H and O–H groups in total. The number of halogens is 1. The molecule has 17 heavy (non-hydrogen) atoms. The van der Waals surface area contributed by atoms with Crippen LogP contribution in [0.3, 0.4) is 0 Å². The Hall–Kier alpha value is -1.88. The van der Waals surface area contributed by atoms with Gasteiger partial charge in [0, 0.05) is 16.7 Å². The summed E-state index contributed by atoms with van der Waals surface area (Å²) in [4.78, 5) is 15.8. The average Bonchev–Trinajstić information content (AvgIpc) is 2.34. The first-order chi connectivity index (χ1) is 8.16. The summed E-state index contributed by atoms with van der Waals surface area (Å²) >= 11 is 3.92. The lowest BCUT2D eigenvalue weighted by Crippen LogP contribution is -2.12. The fourth-order valence-corrected chi connectivity index (χ4v) is 1.51. The van der Waals surface area contributed by atoms with Crippen molar-refractivity contribution in [3.05, 3.63) is 54.1 Å². The molecule has 0 radical (unpaired) electrons. The number of carbonyl (C=O) groups is 1. The van der Waals surface area contributed by atoms with Gasteiger partial charge >= 0.3 is 0 Å². The predicted octanol–water partition coefficient (Wildman–Crippen LogP) is 2.76. The Bertz CT molecular complexity index is 545. The molecule has 1 aromatic heterocycles. The van der Waals surface area contributed by atoms with Crippen molar-refractivity contribution in [2.45, 2.75) is 4.90 Å². The molecule has 0 fully saturated rings. The summed E-state index contributed by atoms with van der Waals surface area (Å²) in [6.07, 6.45) is 3.14. The highest BCUT2D eigenvalue weighted by Crippen LogP contribution is 2.15. The van der Waals surface area contributed by atoms with Gasteiger partial charge in [0.05, 0.1) is 11.9 Å². The molecular formula is C12H9FN2OS. The summed E-state index contributed by atoms with van der Waals surface area (Å²) in [6.45, 7) is 0. The third-order valence-corrected chi connectivity index (χ3v) is 2.47. The Morgan fingerprint density at radius 1 is 1.35 bits per heavy atom. The summed E-state index contributed by atoms with van der Waals surface area (Å²) in [6, 6.07) is 7.42. The van der Waals surface area contributed by atoms with E-state index in [4.69, 9.17) is 0 Å². The standard InChI is InChI=1S/C12H9FN2OS/c13-10-4-3-8(6-11(10)17)12(16)15-9-2-1-5-14-7-9/h1-7,17H,(H,15,16). The first kappa shape index (κ1) is 11.6. The van der Waals surface area contributed by atoms with Crippen LogP contribution in [0, 0.1) is 5.82 Å². The Morgan fingerprint density at radius 2 is 2.18 bits per heavy atom. The Kier molecular flexibility index (Phi) is 3.39. The second kappa shape index (κ2) is 4.97. The summed E-state index contributed by atoms with van der Waals surface area (Å²) in [5.41, 5.74) is 0.933. The maximum Gasteiger partial charge on any atom is 0.255 e. The van der Waals surface area contributed by atoms with Crippen LogP contribution in [0.4, 0.5) is 10.1 Å². The van der Waals surface area contributed by atoms with Gasteiger partial charge < -0.3 is 5.32 Å². The smallest absolute Gasteiger partial charge is 0.255 e. The maximum absolute atomic E-state index is 13.0. The second-order valence-corrected chi connectivity index (χ2v) is 3.84. The Morgan fingerprint density at radius 3 is 2.82 bits per heavy atom. The molecule has 0 saturated carbocycles. The first-order valence-electron chi connectivity index (χ1n) is 4.87. The van der Waals surface area contributed by atoms with Crippen LogP contribution >= 0.6 is 12.6 Å². The van der Waals surface area contributed by atoms with Gasteiger partial charge in [-0.3, -0.25) is 9.78 Å². The molecule has 1 amide bonds. The van der Waals surface area contributed by atoms with E-state index >= 15 is 0 Å². The van der Waals surface area contributed by atoms with Crippen LogP contribution in [0.5, 0.6) is 0 Å². The van der Waals surface area contributed by atoms with Crippen molar-refractivity contribution in [3.63, 3.8) is 0 Å². The quantitative estimate of drug-likeness (QED) is 0.802. The van der Waals surface area contributed by atoms with Crippen LogP contribution < -0.4 is 5.32 Å². The van der Waals surface area contributed by atoms with Crippen LogP contribution in [0.15, 0.2) is 47.6 Å². The Labute approximate surface area is 103 Å². The van der Waals surface area contributed by atoms with E-state index in [9.17, 15) is 9.18 Å². The molecule has 1 heterocycles. The molecule has 0 unspecified atom stereocenters. The van der Waals surface area contributed by atoms with Gasteiger partial charge in [-0.05, 0) is 30.3 Å². The molecule has 0 atom stereocenters. The molecule has 0 spiro atoms. The number of benzene rings is 1. The molecule has 1 aromatic carbocycles. The normalized spacial score (nSPS) is 10.0.